The molecule has 0 amide bonds. The zero-order valence-corrected chi connectivity index (χ0v) is 11.5. The zero-order valence-electron chi connectivity index (χ0n) is 11.5. The van der Waals surface area contributed by atoms with Gasteiger partial charge in [-0.1, -0.05) is 12.1 Å². The summed E-state index contributed by atoms with van der Waals surface area (Å²) in [5.74, 6) is 0. The van der Waals surface area contributed by atoms with E-state index in [-0.39, 0.29) is 0 Å². The van der Waals surface area contributed by atoms with Gasteiger partial charge < -0.3 is 4.57 Å². The highest BCUT2D eigenvalue weighted by Crippen LogP contribution is 2.14. The summed E-state index contributed by atoms with van der Waals surface area (Å²) in [5, 5.41) is 0. The van der Waals surface area contributed by atoms with Crippen LogP contribution in [0.3, 0.4) is 0 Å². The van der Waals surface area contributed by atoms with Crippen molar-refractivity contribution in [2.45, 2.75) is 12.8 Å². The highest BCUT2D eigenvalue weighted by molar-refractivity contribution is 5.24. The second kappa shape index (κ2) is 5.70. The van der Waals surface area contributed by atoms with Gasteiger partial charge >= 0.3 is 0 Å². The Balaban J connectivity index is 1.79. The van der Waals surface area contributed by atoms with Gasteiger partial charge in [-0.15, -0.1) is 0 Å². The monoisotopic (exact) mass is 263 g/mol. The van der Waals surface area contributed by atoms with Gasteiger partial charge in [-0.05, 0) is 36.4 Å². The van der Waals surface area contributed by atoms with Gasteiger partial charge in [0.2, 0.25) is 0 Å². The summed E-state index contributed by atoms with van der Waals surface area (Å²) in [6, 6.07) is 16.4. The molecule has 0 fully saturated rings. The Morgan fingerprint density at radius 2 is 1.25 bits per heavy atom. The molecule has 0 radical (unpaired) electrons. The van der Waals surface area contributed by atoms with Crippen molar-refractivity contribution in [1.29, 1.82) is 0 Å². The molecule has 100 valence electrons. The van der Waals surface area contributed by atoms with Crippen molar-refractivity contribution < 1.29 is 0 Å². The number of hydrogen-bond donors (Lipinski definition) is 0. The molecule has 3 aromatic rings. The van der Waals surface area contributed by atoms with E-state index in [4.69, 9.17) is 0 Å². The molecule has 0 saturated carbocycles. The van der Waals surface area contributed by atoms with Crippen LogP contribution >= 0.6 is 0 Å². The standard InChI is InChI=1S/C17H17N3/c1-20-16(12-14-6-2-4-10-18-14)8-9-17(20)13-15-7-3-5-11-19-15/h2-11H,12-13H2,1H3. The zero-order chi connectivity index (χ0) is 13.8. The summed E-state index contributed by atoms with van der Waals surface area (Å²) in [6.07, 6.45) is 5.40. The van der Waals surface area contributed by atoms with Crippen molar-refractivity contribution in [2.24, 2.45) is 7.05 Å². The maximum atomic E-state index is 4.38. The summed E-state index contributed by atoms with van der Waals surface area (Å²) >= 11 is 0. The van der Waals surface area contributed by atoms with Crippen LogP contribution in [0.2, 0.25) is 0 Å². The molecule has 0 bridgehead atoms. The second-order valence-corrected chi connectivity index (χ2v) is 4.87. The fourth-order valence-corrected chi connectivity index (χ4v) is 2.33. The van der Waals surface area contributed by atoms with Gasteiger partial charge in [0.25, 0.3) is 0 Å². The van der Waals surface area contributed by atoms with Crippen molar-refractivity contribution in [1.82, 2.24) is 14.5 Å². The highest BCUT2D eigenvalue weighted by atomic mass is 15.0. The van der Waals surface area contributed by atoms with Crippen LogP contribution < -0.4 is 0 Å². The average molecular weight is 263 g/mol. The summed E-state index contributed by atoms with van der Waals surface area (Å²) in [5.41, 5.74) is 4.74. The number of aromatic nitrogens is 3. The summed E-state index contributed by atoms with van der Waals surface area (Å²) in [7, 11) is 2.11. The molecule has 0 spiro atoms. The minimum atomic E-state index is 0.861. The first-order chi connectivity index (χ1) is 9.83. The van der Waals surface area contributed by atoms with Crippen molar-refractivity contribution in [2.75, 3.05) is 0 Å². The van der Waals surface area contributed by atoms with Crippen LogP contribution in [-0.4, -0.2) is 14.5 Å². The number of pyridine rings is 2. The lowest BCUT2D eigenvalue weighted by atomic mass is 10.2. The largest absolute Gasteiger partial charge is 0.351 e. The van der Waals surface area contributed by atoms with Gasteiger partial charge in [0.05, 0.1) is 0 Å². The van der Waals surface area contributed by atoms with Gasteiger partial charge in [0.15, 0.2) is 0 Å². The molecule has 0 aliphatic rings. The minimum absolute atomic E-state index is 0.861. The Morgan fingerprint density at radius 3 is 1.65 bits per heavy atom. The topological polar surface area (TPSA) is 30.7 Å². The van der Waals surface area contributed by atoms with Crippen molar-refractivity contribution in [3.05, 3.63) is 83.7 Å². The Morgan fingerprint density at radius 1 is 0.750 bits per heavy atom. The smallest absolute Gasteiger partial charge is 0.0462 e. The molecule has 3 nitrogen and oxygen atoms in total. The lowest BCUT2D eigenvalue weighted by molar-refractivity contribution is 0.786. The number of nitrogens with zero attached hydrogens (tertiary/aromatic N) is 3. The Bertz CT molecular complexity index is 613. The molecule has 3 heterocycles. The van der Waals surface area contributed by atoms with E-state index in [0.29, 0.717) is 0 Å². The van der Waals surface area contributed by atoms with Crippen LogP contribution in [0.25, 0.3) is 0 Å². The van der Waals surface area contributed by atoms with Crippen molar-refractivity contribution in [3.63, 3.8) is 0 Å². The SMILES string of the molecule is Cn1c(Cc2ccccn2)ccc1Cc1ccccn1. The molecule has 0 aromatic carbocycles. The first kappa shape index (κ1) is 12.6. The van der Waals surface area contributed by atoms with E-state index in [1.165, 1.54) is 11.4 Å². The van der Waals surface area contributed by atoms with Gasteiger partial charge in [-0.25, -0.2) is 0 Å². The van der Waals surface area contributed by atoms with Gasteiger partial charge in [-0.2, -0.15) is 0 Å². The summed E-state index contributed by atoms with van der Waals surface area (Å²) in [4.78, 5) is 8.77. The van der Waals surface area contributed by atoms with Crippen LogP contribution in [0.15, 0.2) is 60.9 Å². The molecule has 0 aliphatic carbocycles. The first-order valence-corrected chi connectivity index (χ1v) is 6.76. The summed E-state index contributed by atoms with van der Waals surface area (Å²) < 4.78 is 2.24. The molecule has 0 saturated heterocycles. The predicted octanol–water partition coefficient (Wildman–Crippen LogP) is 3.00. The van der Waals surface area contributed by atoms with Gasteiger partial charge in [0, 0.05) is 55.1 Å². The maximum Gasteiger partial charge on any atom is 0.0462 e. The van der Waals surface area contributed by atoms with Crippen molar-refractivity contribution >= 4 is 0 Å². The third kappa shape index (κ3) is 2.77. The van der Waals surface area contributed by atoms with E-state index < -0.39 is 0 Å². The first-order valence-electron chi connectivity index (χ1n) is 6.76. The molecule has 20 heavy (non-hydrogen) atoms. The third-order valence-electron chi connectivity index (χ3n) is 3.51. The molecule has 0 unspecified atom stereocenters. The summed E-state index contributed by atoms with van der Waals surface area (Å²) in [6.45, 7) is 0. The quantitative estimate of drug-likeness (QED) is 0.724. The van der Waals surface area contributed by atoms with E-state index in [0.717, 1.165) is 24.2 Å². The van der Waals surface area contributed by atoms with Crippen LogP contribution in [-0.2, 0) is 19.9 Å². The maximum absolute atomic E-state index is 4.38. The molecule has 3 aromatic heterocycles. The minimum Gasteiger partial charge on any atom is -0.351 e. The third-order valence-corrected chi connectivity index (χ3v) is 3.51. The molecule has 3 rings (SSSR count). The molecule has 3 heteroatoms. The molecule has 0 aliphatic heterocycles. The van der Waals surface area contributed by atoms with Crippen molar-refractivity contribution in [3.8, 4) is 0 Å². The van der Waals surface area contributed by atoms with E-state index >= 15 is 0 Å². The molecule has 0 N–H and O–H groups in total. The average Bonchev–Trinajstić information content (AvgIpc) is 2.83. The Labute approximate surface area is 118 Å². The number of rotatable bonds is 4. The Kier molecular flexibility index (Phi) is 3.59. The Hall–Kier alpha value is -2.42. The van der Waals surface area contributed by atoms with E-state index in [1.54, 1.807) is 0 Å². The van der Waals surface area contributed by atoms with Crippen LogP contribution in [0, 0.1) is 0 Å². The second-order valence-electron chi connectivity index (χ2n) is 4.87. The fourth-order valence-electron chi connectivity index (χ4n) is 2.33. The van der Waals surface area contributed by atoms with Crippen LogP contribution in [0.4, 0.5) is 0 Å². The highest BCUT2D eigenvalue weighted by Gasteiger charge is 2.07. The molecular weight excluding hydrogens is 246 g/mol. The van der Waals surface area contributed by atoms with Gasteiger partial charge in [0.1, 0.15) is 0 Å². The lowest BCUT2D eigenvalue weighted by Gasteiger charge is -2.07. The normalized spacial score (nSPS) is 10.7. The van der Waals surface area contributed by atoms with Gasteiger partial charge in [-0.3, -0.25) is 9.97 Å². The predicted molar refractivity (Wildman–Crippen MR) is 79.5 cm³/mol. The van der Waals surface area contributed by atoms with E-state index in [9.17, 15) is 0 Å². The van der Waals surface area contributed by atoms with Crippen LogP contribution in [0.5, 0.6) is 0 Å². The van der Waals surface area contributed by atoms with E-state index in [2.05, 4.69) is 45.8 Å². The molecule has 0 atom stereocenters. The van der Waals surface area contributed by atoms with E-state index in [1.807, 2.05) is 36.7 Å². The fraction of sp³-hybridized carbons (Fsp3) is 0.176. The van der Waals surface area contributed by atoms with Crippen LogP contribution in [0.1, 0.15) is 22.8 Å². The lowest BCUT2D eigenvalue weighted by Crippen LogP contribution is -2.04. The molecular formula is C17H17N3. The number of hydrogen-bond acceptors (Lipinski definition) is 2.